The van der Waals surface area contributed by atoms with Gasteiger partial charge in [0.25, 0.3) is 0 Å². The molecule has 2 heterocycles. The van der Waals surface area contributed by atoms with Gasteiger partial charge < -0.3 is 9.73 Å². The largest absolute Gasteiger partial charge is 0.456 e. The van der Waals surface area contributed by atoms with Crippen LogP contribution in [0.15, 0.2) is 39.2 Å². The lowest BCUT2D eigenvalue weighted by Gasteiger charge is -2.11. The summed E-state index contributed by atoms with van der Waals surface area (Å²) in [6, 6.07) is 8.16. The first-order chi connectivity index (χ1) is 7.84. The van der Waals surface area contributed by atoms with Crippen LogP contribution in [-0.2, 0) is 0 Å². The summed E-state index contributed by atoms with van der Waals surface area (Å²) >= 11 is 3.54. The van der Waals surface area contributed by atoms with Crippen molar-refractivity contribution < 1.29 is 4.42 Å². The minimum Gasteiger partial charge on any atom is -0.456 e. The molecular formula is C13H12BrNO. The molecule has 1 aromatic heterocycles. The Labute approximate surface area is 102 Å². The number of benzene rings is 1. The molecule has 3 heteroatoms. The van der Waals surface area contributed by atoms with Crippen molar-refractivity contribution in [3.05, 3.63) is 40.6 Å². The van der Waals surface area contributed by atoms with Crippen LogP contribution in [0, 0.1) is 0 Å². The Morgan fingerprint density at radius 2 is 2.25 bits per heavy atom. The van der Waals surface area contributed by atoms with Crippen molar-refractivity contribution in [1.29, 1.82) is 0 Å². The second-order valence-electron chi connectivity index (χ2n) is 3.95. The van der Waals surface area contributed by atoms with Gasteiger partial charge in [0.05, 0.1) is 0 Å². The first-order valence-electron chi connectivity index (χ1n) is 5.43. The molecule has 0 atom stereocenters. The van der Waals surface area contributed by atoms with Crippen molar-refractivity contribution >= 4 is 32.5 Å². The van der Waals surface area contributed by atoms with Crippen LogP contribution < -0.4 is 5.32 Å². The van der Waals surface area contributed by atoms with E-state index in [0.29, 0.717) is 0 Å². The SMILES string of the molecule is Brc1cccc2oc(C3=CCNCC3)cc12. The summed E-state index contributed by atoms with van der Waals surface area (Å²) in [5.41, 5.74) is 2.26. The molecule has 0 amide bonds. The Kier molecular flexibility index (Phi) is 2.58. The molecule has 0 fully saturated rings. The predicted molar refractivity (Wildman–Crippen MR) is 69.4 cm³/mol. The van der Waals surface area contributed by atoms with Gasteiger partial charge in [0.15, 0.2) is 0 Å². The Morgan fingerprint density at radius 1 is 1.31 bits per heavy atom. The third-order valence-electron chi connectivity index (χ3n) is 2.89. The van der Waals surface area contributed by atoms with E-state index in [1.165, 1.54) is 5.57 Å². The summed E-state index contributed by atoms with van der Waals surface area (Å²) < 4.78 is 6.95. The normalized spacial score (nSPS) is 16.4. The molecule has 0 radical (unpaired) electrons. The number of nitrogens with one attached hydrogen (secondary N) is 1. The highest BCUT2D eigenvalue weighted by Crippen LogP contribution is 2.31. The smallest absolute Gasteiger partial charge is 0.135 e. The predicted octanol–water partition coefficient (Wildman–Crippen LogP) is 3.57. The highest BCUT2D eigenvalue weighted by atomic mass is 79.9. The van der Waals surface area contributed by atoms with Crippen LogP contribution in [0.25, 0.3) is 16.5 Å². The monoisotopic (exact) mass is 277 g/mol. The number of furan rings is 1. The fraction of sp³-hybridized carbons (Fsp3) is 0.231. The van der Waals surface area contributed by atoms with Gasteiger partial charge in [-0.3, -0.25) is 0 Å². The second-order valence-corrected chi connectivity index (χ2v) is 4.80. The first-order valence-corrected chi connectivity index (χ1v) is 6.22. The maximum atomic E-state index is 5.86. The van der Waals surface area contributed by atoms with Gasteiger partial charge >= 0.3 is 0 Å². The van der Waals surface area contributed by atoms with Crippen molar-refractivity contribution in [2.75, 3.05) is 13.1 Å². The lowest BCUT2D eigenvalue weighted by atomic mass is 10.1. The topological polar surface area (TPSA) is 25.2 Å². The number of hydrogen-bond acceptors (Lipinski definition) is 2. The molecule has 0 bridgehead atoms. The number of hydrogen-bond donors (Lipinski definition) is 1. The zero-order valence-corrected chi connectivity index (χ0v) is 10.4. The molecule has 1 aliphatic heterocycles. The molecule has 0 saturated carbocycles. The molecule has 0 aliphatic carbocycles. The van der Waals surface area contributed by atoms with E-state index in [4.69, 9.17) is 4.42 Å². The van der Waals surface area contributed by atoms with Crippen molar-refractivity contribution in [2.24, 2.45) is 0 Å². The molecule has 1 aromatic carbocycles. The molecule has 3 rings (SSSR count). The molecule has 0 spiro atoms. The summed E-state index contributed by atoms with van der Waals surface area (Å²) in [5.74, 6) is 1.00. The van der Waals surface area contributed by atoms with Crippen molar-refractivity contribution in [2.45, 2.75) is 6.42 Å². The van der Waals surface area contributed by atoms with Gasteiger partial charge in [-0.05, 0) is 36.7 Å². The standard InChI is InChI=1S/C13H12BrNO/c14-11-2-1-3-12-10(11)8-13(16-12)9-4-6-15-7-5-9/h1-4,8,15H,5-7H2. The third kappa shape index (κ3) is 1.70. The van der Waals surface area contributed by atoms with E-state index >= 15 is 0 Å². The lowest BCUT2D eigenvalue weighted by Crippen LogP contribution is -2.19. The Morgan fingerprint density at radius 3 is 3.00 bits per heavy atom. The highest BCUT2D eigenvalue weighted by molar-refractivity contribution is 9.10. The summed E-state index contributed by atoms with van der Waals surface area (Å²) in [6.07, 6.45) is 3.24. The van der Waals surface area contributed by atoms with E-state index in [1.807, 2.05) is 18.2 Å². The Bertz CT molecular complexity index is 556. The van der Waals surface area contributed by atoms with Gasteiger partial charge in [0.2, 0.25) is 0 Å². The van der Waals surface area contributed by atoms with Crippen LogP contribution in [0.5, 0.6) is 0 Å². The molecule has 2 aromatic rings. The Balaban J connectivity index is 2.11. The van der Waals surface area contributed by atoms with E-state index in [-0.39, 0.29) is 0 Å². The van der Waals surface area contributed by atoms with Gasteiger partial charge in [-0.25, -0.2) is 0 Å². The van der Waals surface area contributed by atoms with E-state index < -0.39 is 0 Å². The van der Waals surface area contributed by atoms with Crippen LogP contribution in [0.1, 0.15) is 12.2 Å². The van der Waals surface area contributed by atoms with E-state index in [2.05, 4.69) is 33.4 Å². The summed E-state index contributed by atoms with van der Waals surface area (Å²) in [4.78, 5) is 0. The van der Waals surface area contributed by atoms with Crippen LogP contribution in [0.4, 0.5) is 0 Å². The third-order valence-corrected chi connectivity index (χ3v) is 3.58. The number of rotatable bonds is 1. The summed E-state index contributed by atoms with van der Waals surface area (Å²) in [6.45, 7) is 1.97. The van der Waals surface area contributed by atoms with E-state index in [9.17, 15) is 0 Å². The average molecular weight is 278 g/mol. The first kappa shape index (κ1) is 10.1. The minimum atomic E-state index is 0.938. The fourth-order valence-corrected chi connectivity index (χ4v) is 2.49. The van der Waals surface area contributed by atoms with Crippen LogP contribution >= 0.6 is 15.9 Å². The van der Waals surface area contributed by atoms with Gasteiger partial charge in [-0.1, -0.05) is 28.1 Å². The maximum Gasteiger partial charge on any atom is 0.135 e. The minimum absolute atomic E-state index is 0.938. The molecular weight excluding hydrogens is 266 g/mol. The van der Waals surface area contributed by atoms with Crippen LogP contribution in [0.3, 0.4) is 0 Å². The number of fused-ring (bicyclic) bond motifs is 1. The van der Waals surface area contributed by atoms with Crippen molar-refractivity contribution in [3.63, 3.8) is 0 Å². The van der Waals surface area contributed by atoms with Crippen LogP contribution in [-0.4, -0.2) is 13.1 Å². The summed E-state index contributed by atoms with van der Waals surface area (Å²) in [7, 11) is 0. The average Bonchev–Trinajstić information content (AvgIpc) is 2.76. The van der Waals surface area contributed by atoms with Gasteiger partial charge in [-0.2, -0.15) is 0 Å². The molecule has 1 N–H and O–H groups in total. The molecule has 82 valence electrons. The zero-order chi connectivity index (χ0) is 11.0. The highest BCUT2D eigenvalue weighted by Gasteiger charge is 2.12. The fourth-order valence-electron chi connectivity index (χ4n) is 2.03. The Hall–Kier alpha value is -1.06. The number of halogens is 1. The summed E-state index contributed by atoms with van der Waals surface area (Å²) in [5, 5.41) is 4.45. The molecule has 0 unspecified atom stereocenters. The quantitative estimate of drug-likeness (QED) is 0.862. The van der Waals surface area contributed by atoms with Gasteiger partial charge in [-0.15, -0.1) is 0 Å². The second kappa shape index (κ2) is 4.07. The lowest BCUT2D eigenvalue weighted by molar-refractivity contribution is 0.590. The maximum absolute atomic E-state index is 5.86. The molecule has 2 nitrogen and oxygen atoms in total. The van der Waals surface area contributed by atoms with Crippen molar-refractivity contribution in [3.8, 4) is 0 Å². The zero-order valence-electron chi connectivity index (χ0n) is 8.79. The van der Waals surface area contributed by atoms with Gasteiger partial charge in [0, 0.05) is 16.4 Å². The molecule has 1 aliphatic rings. The van der Waals surface area contributed by atoms with Crippen LogP contribution in [0.2, 0.25) is 0 Å². The van der Waals surface area contributed by atoms with Crippen molar-refractivity contribution in [1.82, 2.24) is 5.32 Å². The van der Waals surface area contributed by atoms with Gasteiger partial charge in [0.1, 0.15) is 11.3 Å². The van der Waals surface area contributed by atoms with E-state index in [0.717, 1.165) is 40.7 Å². The molecule has 16 heavy (non-hydrogen) atoms. The molecule has 0 saturated heterocycles. The van der Waals surface area contributed by atoms with E-state index in [1.54, 1.807) is 0 Å².